The second-order valence-corrected chi connectivity index (χ2v) is 8.89. The molecule has 174 valence electrons. The van der Waals surface area contributed by atoms with Gasteiger partial charge in [0, 0.05) is 56.7 Å². The van der Waals surface area contributed by atoms with Crippen LogP contribution in [0.25, 0.3) is 0 Å². The van der Waals surface area contributed by atoms with Crippen LogP contribution in [-0.4, -0.2) is 65.8 Å². The van der Waals surface area contributed by atoms with Gasteiger partial charge in [-0.2, -0.15) is 0 Å². The number of sulfonamides is 1. The highest BCUT2D eigenvalue weighted by atomic mass is 32.2. The molecule has 1 aliphatic rings. The number of carbonyl (C=O) groups excluding carboxylic acids is 1. The standard InChI is InChI=1S/C18H19F3N4O6S/c1-24-7-14(32(30,31)23-13-6-25(18(28)29)5-9(13)8-26)15(21)16(24)17(27)22-10-2-3-11(19)12(20)4-10/h2-4,7,9,13,23,26H,5-6,8H2,1H3,(H,22,27)(H,28,29). The minimum Gasteiger partial charge on any atom is -0.465 e. The monoisotopic (exact) mass is 476 g/mol. The molecule has 0 aliphatic carbocycles. The molecule has 2 unspecified atom stereocenters. The number of hydrogen-bond acceptors (Lipinski definition) is 5. The molecule has 4 N–H and O–H groups in total. The van der Waals surface area contributed by atoms with Crippen LogP contribution < -0.4 is 10.0 Å². The van der Waals surface area contributed by atoms with Crippen molar-refractivity contribution in [3.8, 4) is 0 Å². The zero-order valence-corrected chi connectivity index (χ0v) is 17.4. The summed E-state index contributed by atoms with van der Waals surface area (Å²) in [6, 6.07) is 1.46. The largest absolute Gasteiger partial charge is 0.465 e. The van der Waals surface area contributed by atoms with Gasteiger partial charge in [-0.1, -0.05) is 0 Å². The van der Waals surface area contributed by atoms with E-state index in [9.17, 15) is 36.3 Å². The van der Waals surface area contributed by atoms with Crippen LogP contribution in [0.2, 0.25) is 0 Å². The molecule has 3 rings (SSSR count). The van der Waals surface area contributed by atoms with Crippen LogP contribution in [0.5, 0.6) is 0 Å². The Kier molecular flexibility index (Phi) is 6.48. The van der Waals surface area contributed by atoms with Gasteiger partial charge in [0.2, 0.25) is 10.0 Å². The molecule has 2 atom stereocenters. The van der Waals surface area contributed by atoms with Crippen molar-refractivity contribution in [2.75, 3.05) is 25.0 Å². The van der Waals surface area contributed by atoms with Gasteiger partial charge >= 0.3 is 6.09 Å². The molecule has 1 fully saturated rings. The van der Waals surface area contributed by atoms with Crippen molar-refractivity contribution in [2.24, 2.45) is 13.0 Å². The zero-order valence-electron chi connectivity index (χ0n) is 16.5. The summed E-state index contributed by atoms with van der Waals surface area (Å²) in [6.07, 6.45) is -0.456. The van der Waals surface area contributed by atoms with Gasteiger partial charge in [-0.05, 0) is 12.1 Å². The number of carboxylic acid groups (broad SMARTS) is 1. The maximum Gasteiger partial charge on any atom is 0.407 e. The van der Waals surface area contributed by atoms with Gasteiger partial charge in [0.1, 0.15) is 10.6 Å². The smallest absolute Gasteiger partial charge is 0.407 e. The highest BCUT2D eigenvalue weighted by Crippen LogP contribution is 2.24. The number of nitrogens with one attached hydrogen (secondary N) is 2. The van der Waals surface area contributed by atoms with Crippen LogP contribution in [0, 0.1) is 23.4 Å². The molecular weight excluding hydrogens is 457 g/mol. The van der Waals surface area contributed by atoms with Crippen molar-refractivity contribution in [1.29, 1.82) is 0 Å². The van der Waals surface area contributed by atoms with E-state index in [0.29, 0.717) is 6.07 Å². The molecule has 0 spiro atoms. The lowest BCUT2D eigenvalue weighted by molar-refractivity contribution is 0.101. The number of aromatic nitrogens is 1. The van der Waals surface area contributed by atoms with E-state index in [2.05, 4.69) is 10.0 Å². The van der Waals surface area contributed by atoms with E-state index in [1.54, 1.807) is 0 Å². The van der Waals surface area contributed by atoms with Crippen LogP contribution in [0.1, 0.15) is 10.5 Å². The lowest BCUT2D eigenvalue weighted by Gasteiger charge is -2.17. The van der Waals surface area contributed by atoms with Gasteiger partial charge in [-0.25, -0.2) is 31.1 Å². The summed E-state index contributed by atoms with van der Waals surface area (Å²) in [5, 5.41) is 20.6. The fourth-order valence-corrected chi connectivity index (χ4v) is 4.81. The van der Waals surface area contributed by atoms with E-state index in [1.807, 2.05) is 0 Å². The molecule has 1 aromatic heterocycles. The van der Waals surface area contributed by atoms with Crippen LogP contribution in [0.15, 0.2) is 29.3 Å². The highest BCUT2D eigenvalue weighted by Gasteiger charge is 2.39. The number of anilines is 1. The molecule has 2 aromatic rings. The van der Waals surface area contributed by atoms with Crippen molar-refractivity contribution in [2.45, 2.75) is 10.9 Å². The van der Waals surface area contributed by atoms with E-state index in [1.165, 1.54) is 7.05 Å². The van der Waals surface area contributed by atoms with Gasteiger partial charge in [0.25, 0.3) is 5.91 Å². The van der Waals surface area contributed by atoms with E-state index in [4.69, 9.17) is 5.11 Å². The van der Waals surface area contributed by atoms with Gasteiger partial charge in [0.05, 0.1) is 0 Å². The number of halogens is 3. The topological polar surface area (TPSA) is 141 Å². The Morgan fingerprint density at radius 2 is 1.88 bits per heavy atom. The Balaban J connectivity index is 1.84. The number of aliphatic hydroxyl groups excluding tert-OH is 1. The second-order valence-electron chi connectivity index (χ2n) is 7.21. The van der Waals surface area contributed by atoms with Crippen molar-refractivity contribution < 1.29 is 41.4 Å². The Morgan fingerprint density at radius 1 is 1.19 bits per heavy atom. The molecule has 1 aliphatic heterocycles. The number of amides is 2. The molecule has 0 bridgehead atoms. The minimum absolute atomic E-state index is 0.113. The summed E-state index contributed by atoms with van der Waals surface area (Å²) in [6.45, 7) is -0.869. The van der Waals surface area contributed by atoms with Crippen LogP contribution >= 0.6 is 0 Å². The first kappa shape index (κ1) is 23.6. The number of aryl methyl sites for hydroxylation is 1. The molecule has 14 heteroatoms. The third kappa shape index (κ3) is 4.56. The molecule has 2 amide bonds. The summed E-state index contributed by atoms with van der Waals surface area (Å²) >= 11 is 0. The predicted molar refractivity (Wildman–Crippen MR) is 104 cm³/mol. The number of aliphatic hydroxyl groups is 1. The molecule has 2 heterocycles. The third-order valence-corrected chi connectivity index (χ3v) is 6.50. The normalized spacial score (nSPS) is 18.7. The SMILES string of the molecule is Cn1cc(S(=O)(=O)NC2CN(C(=O)O)CC2CO)c(F)c1C(=O)Nc1ccc(F)c(F)c1. The van der Waals surface area contributed by atoms with Crippen LogP contribution in [0.4, 0.5) is 23.7 Å². The summed E-state index contributed by atoms with van der Waals surface area (Å²) in [7, 11) is -3.34. The van der Waals surface area contributed by atoms with Gasteiger partial charge in [-0.15, -0.1) is 0 Å². The van der Waals surface area contributed by atoms with E-state index >= 15 is 0 Å². The summed E-state index contributed by atoms with van der Waals surface area (Å²) in [5.41, 5.74) is -0.866. The molecule has 0 saturated carbocycles. The van der Waals surface area contributed by atoms with Gasteiger partial charge < -0.3 is 25.0 Å². The minimum atomic E-state index is -4.55. The first-order valence-electron chi connectivity index (χ1n) is 9.17. The Labute approximate surface area is 180 Å². The third-order valence-electron chi connectivity index (χ3n) is 5.02. The van der Waals surface area contributed by atoms with Gasteiger partial charge in [0.15, 0.2) is 17.5 Å². The number of nitrogens with zero attached hydrogens (tertiary/aromatic N) is 2. The fraction of sp³-hybridized carbons (Fsp3) is 0.333. The van der Waals surface area contributed by atoms with E-state index < -0.39 is 68.6 Å². The maximum absolute atomic E-state index is 15.0. The first-order chi connectivity index (χ1) is 14.9. The molecule has 0 radical (unpaired) electrons. The van der Waals surface area contributed by atoms with Crippen LogP contribution in [0.3, 0.4) is 0 Å². The maximum atomic E-state index is 15.0. The molecule has 10 nitrogen and oxygen atoms in total. The van der Waals surface area contributed by atoms with Crippen molar-refractivity contribution >= 4 is 27.7 Å². The first-order valence-corrected chi connectivity index (χ1v) is 10.6. The molecule has 1 saturated heterocycles. The Bertz CT molecular complexity index is 1170. The second kappa shape index (κ2) is 8.80. The van der Waals surface area contributed by atoms with Crippen molar-refractivity contribution in [1.82, 2.24) is 14.2 Å². The molecular formula is C18H19F3N4O6S. The van der Waals surface area contributed by atoms with E-state index in [-0.39, 0.29) is 18.8 Å². The summed E-state index contributed by atoms with van der Waals surface area (Å²) in [5.74, 6) is -5.64. The lowest BCUT2D eigenvalue weighted by Crippen LogP contribution is -2.42. The molecule has 32 heavy (non-hydrogen) atoms. The number of likely N-dealkylation sites (tertiary alicyclic amines) is 1. The van der Waals surface area contributed by atoms with Crippen molar-refractivity contribution in [3.63, 3.8) is 0 Å². The quantitative estimate of drug-likeness (QED) is 0.489. The van der Waals surface area contributed by atoms with E-state index in [0.717, 1.165) is 27.8 Å². The summed E-state index contributed by atoms with van der Waals surface area (Å²) < 4.78 is 69.9. The lowest BCUT2D eigenvalue weighted by atomic mass is 10.1. The number of hydrogen-bond donors (Lipinski definition) is 4. The number of benzene rings is 1. The van der Waals surface area contributed by atoms with Crippen molar-refractivity contribution in [3.05, 3.63) is 47.5 Å². The predicted octanol–water partition coefficient (Wildman–Crippen LogP) is 0.944. The molecule has 1 aromatic carbocycles. The van der Waals surface area contributed by atoms with Gasteiger partial charge in [-0.3, -0.25) is 4.79 Å². The Hall–Kier alpha value is -3.10. The Morgan fingerprint density at radius 3 is 2.47 bits per heavy atom. The average Bonchev–Trinajstić information content (AvgIpc) is 3.24. The average molecular weight is 476 g/mol. The summed E-state index contributed by atoms with van der Waals surface area (Å²) in [4.78, 5) is 23.6. The number of carbonyl (C=O) groups is 2. The highest BCUT2D eigenvalue weighted by molar-refractivity contribution is 7.89. The van der Waals surface area contributed by atoms with Crippen LogP contribution in [-0.2, 0) is 17.1 Å². The fourth-order valence-electron chi connectivity index (χ4n) is 3.39. The zero-order chi connectivity index (χ0) is 23.8. The number of rotatable bonds is 6.